The molecule has 1 fully saturated rings. The molecule has 2 rings (SSSR count). The molecule has 1 N–H and O–H groups in total. The summed E-state index contributed by atoms with van der Waals surface area (Å²) in [5.74, 6) is 2.12. The van der Waals surface area contributed by atoms with Crippen molar-refractivity contribution in [2.75, 3.05) is 33.2 Å². The van der Waals surface area contributed by atoms with Crippen molar-refractivity contribution in [2.24, 2.45) is 0 Å². The van der Waals surface area contributed by atoms with Crippen LogP contribution in [0.25, 0.3) is 0 Å². The van der Waals surface area contributed by atoms with Crippen LogP contribution in [0.5, 0.6) is 0 Å². The summed E-state index contributed by atoms with van der Waals surface area (Å²) >= 11 is 0. The second-order valence-corrected chi connectivity index (χ2v) is 5.64. The maximum Gasteiger partial charge on any atom is 0.118 e. The number of hydrogen-bond acceptors (Lipinski definition) is 4. The first-order valence-corrected chi connectivity index (χ1v) is 7.31. The van der Waals surface area contributed by atoms with Gasteiger partial charge in [0.25, 0.3) is 0 Å². The fourth-order valence-corrected chi connectivity index (χ4v) is 2.59. The predicted molar refractivity (Wildman–Crippen MR) is 78.2 cm³/mol. The van der Waals surface area contributed by atoms with Crippen molar-refractivity contribution in [3.8, 4) is 0 Å². The highest BCUT2D eigenvalue weighted by atomic mass is 16.3. The third-order valence-electron chi connectivity index (χ3n) is 4.06. The maximum absolute atomic E-state index is 5.81. The highest BCUT2D eigenvalue weighted by Crippen LogP contribution is 2.18. The molecule has 4 nitrogen and oxygen atoms in total. The van der Waals surface area contributed by atoms with Crippen molar-refractivity contribution in [1.29, 1.82) is 0 Å². The molecule has 0 aromatic carbocycles. The minimum absolute atomic E-state index is 0.641. The van der Waals surface area contributed by atoms with E-state index in [0.29, 0.717) is 6.04 Å². The van der Waals surface area contributed by atoms with Gasteiger partial charge in [-0.2, -0.15) is 0 Å². The summed E-state index contributed by atoms with van der Waals surface area (Å²) in [6, 6.07) is 2.85. The van der Waals surface area contributed by atoms with Crippen LogP contribution in [0.1, 0.15) is 30.9 Å². The molecule has 0 radical (unpaired) electrons. The SMILES string of the molecule is CCNCc1cc(CN2CCN(C)C(C)C2)c(C)o1. The van der Waals surface area contributed by atoms with Crippen LogP contribution in [0.15, 0.2) is 10.5 Å². The second kappa shape index (κ2) is 6.55. The third-order valence-corrected chi connectivity index (χ3v) is 4.06. The number of aryl methyl sites for hydroxylation is 1. The van der Waals surface area contributed by atoms with Crippen LogP contribution in [0.4, 0.5) is 0 Å². The summed E-state index contributed by atoms with van der Waals surface area (Å²) in [7, 11) is 2.21. The minimum atomic E-state index is 0.641. The average Bonchev–Trinajstić information content (AvgIpc) is 2.72. The number of nitrogens with one attached hydrogen (secondary N) is 1. The molecule has 0 amide bonds. The highest BCUT2D eigenvalue weighted by molar-refractivity contribution is 5.20. The molecule has 1 aliphatic heterocycles. The summed E-state index contributed by atoms with van der Waals surface area (Å²) in [5, 5.41) is 3.31. The third kappa shape index (κ3) is 3.81. The van der Waals surface area contributed by atoms with E-state index < -0.39 is 0 Å². The molecule has 0 aliphatic carbocycles. The fraction of sp³-hybridized carbons (Fsp3) is 0.733. The molecule has 1 aliphatic rings. The molecule has 108 valence electrons. The first kappa shape index (κ1) is 14.6. The van der Waals surface area contributed by atoms with Gasteiger partial charge >= 0.3 is 0 Å². The van der Waals surface area contributed by atoms with E-state index in [1.165, 1.54) is 5.56 Å². The maximum atomic E-state index is 5.81. The molecule has 19 heavy (non-hydrogen) atoms. The summed E-state index contributed by atoms with van der Waals surface area (Å²) in [6.45, 7) is 12.7. The lowest BCUT2D eigenvalue weighted by Gasteiger charge is -2.37. The second-order valence-electron chi connectivity index (χ2n) is 5.64. The van der Waals surface area contributed by atoms with Gasteiger partial charge in [-0.15, -0.1) is 0 Å². The van der Waals surface area contributed by atoms with Crippen LogP contribution in [0, 0.1) is 6.92 Å². The molecule has 2 heterocycles. The highest BCUT2D eigenvalue weighted by Gasteiger charge is 2.21. The summed E-state index contributed by atoms with van der Waals surface area (Å²) in [4.78, 5) is 4.95. The molecule has 1 unspecified atom stereocenters. The van der Waals surface area contributed by atoms with Crippen LogP contribution in [0.2, 0.25) is 0 Å². The Balaban J connectivity index is 1.93. The number of likely N-dealkylation sites (N-methyl/N-ethyl adjacent to an activating group) is 1. The van der Waals surface area contributed by atoms with E-state index in [1.54, 1.807) is 0 Å². The first-order valence-electron chi connectivity index (χ1n) is 7.31. The largest absolute Gasteiger partial charge is 0.465 e. The average molecular weight is 265 g/mol. The van der Waals surface area contributed by atoms with Crippen molar-refractivity contribution in [3.63, 3.8) is 0 Å². The Morgan fingerprint density at radius 1 is 1.42 bits per heavy atom. The Labute approximate surface area is 116 Å². The molecule has 1 saturated heterocycles. The van der Waals surface area contributed by atoms with E-state index in [1.807, 2.05) is 0 Å². The number of piperazine rings is 1. The van der Waals surface area contributed by atoms with Crippen LogP contribution in [0.3, 0.4) is 0 Å². The molecule has 0 spiro atoms. The Hall–Kier alpha value is -0.840. The molecular formula is C15H27N3O. The van der Waals surface area contributed by atoms with Gasteiger partial charge in [-0.3, -0.25) is 4.90 Å². The first-order chi connectivity index (χ1) is 9.10. The molecule has 1 aromatic heterocycles. The summed E-state index contributed by atoms with van der Waals surface area (Å²) in [5.41, 5.74) is 1.34. The van der Waals surface area contributed by atoms with Gasteiger partial charge in [-0.1, -0.05) is 6.92 Å². The van der Waals surface area contributed by atoms with E-state index in [4.69, 9.17) is 4.42 Å². The normalized spacial score (nSPS) is 22.0. The number of hydrogen-bond donors (Lipinski definition) is 1. The monoisotopic (exact) mass is 265 g/mol. The van der Waals surface area contributed by atoms with Crippen LogP contribution in [-0.2, 0) is 13.1 Å². The van der Waals surface area contributed by atoms with Gasteiger partial charge in [0, 0.05) is 37.8 Å². The number of furan rings is 1. The van der Waals surface area contributed by atoms with Gasteiger partial charge in [0.15, 0.2) is 0 Å². The molecule has 1 atom stereocenters. The van der Waals surface area contributed by atoms with Crippen molar-refractivity contribution in [2.45, 2.75) is 39.9 Å². The van der Waals surface area contributed by atoms with Gasteiger partial charge in [-0.25, -0.2) is 0 Å². The van der Waals surface area contributed by atoms with Crippen molar-refractivity contribution in [3.05, 3.63) is 23.2 Å². The zero-order chi connectivity index (χ0) is 13.8. The van der Waals surface area contributed by atoms with E-state index in [9.17, 15) is 0 Å². The Bertz CT molecular complexity index is 402. The van der Waals surface area contributed by atoms with Gasteiger partial charge in [0.05, 0.1) is 6.54 Å². The van der Waals surface area contributed by atoms with Crippen molar-refractivity contribution >= 4 is 0 Å². The Kier molecular flexibility index (Phi) is 5.02. The predicted octanol–water partition coefficient (Wildman–Crippen LogP) is 1.83. The van der Waals surface area contributed by atoms with Crippen LogP contribution in [-0.4, -0.2) is 49.1 Å². The smallest absolute Gasteiger partial charge is 0.118 e. The summed E-state index contributed by atoms with van der Waals surface area (Å²) in [6.07, 6.45) is 0. The number of nitrogens with zero attached hydrogens (tertiary/aromatic N) is 2. The lowest BCUT2D eigenvalue weighted by atomic mass is 10.1. The van der Waals surface area contributed by atoms with Crippen LogP contribution < -0.4 is 5.32 Å². The molecule has 1 aromatic rings. The molecule has 0 bridgehead atoms. The van der Waals surface area contributed by atoms with Gasteiger partial charge < -0.3 is 14.6 Å². The van der Waals surface area contributed by atoms with Gasteiger partial charge in [0.2, 0.25) is 0 Å². The molecular weight excluding hydrogens is 238 g/mol. The number of rotatable bonds is 5. The van der Waals surface area contributed by atoms with E-state index in [2.05, 4.69) is 49.0 Å². The Morgan fingerprint density at radius 3 is 2.89 bits per heavy atom. The van der Waals surface area contributed by atoms with Crippen molar-refractivity contribution < 1.29 is 4.42 Å². The van der Waals surface area contributed by atoms with Crippen LogP contribution >= 0.6 is 0 Å². The zero-order valence-electron chi connectivity index (χ0n) is 12.7. The van der Waals surface area contributed by atoms with Gasteiger partial charge in [0.1, 0.15) is 11.5 Å². The summed E-state index contributed by atoms with van der Waals surface area (Å²) < 4.78 is 5.81. The Morgan fingerprint density at radius 2 is 2.21 bits per heavy atom. The van der Waals surface area contributed by atoms with E-state index >= 15 is 0 Å². The van der Waals surface area contributed by atoms with Gasteiger partial charge in [-0.05, 0) is 33.5 Å². The molecule has 4 heteroatoms. The zero-order valence-corrected chi connectivity index (χ0v) is 12.7. The fourth-order valence-electron chi connectivity index (χ4n) is 2.59. The van der Waals surface area contributed by atoms with Crippen molar-refractivity contribution in [1.82, 2.24) is 15.1 Å². The van der Waals surface area contributed by atoms with E-state index in [0.717, 1.165) is 50.8 Å². The standard InChI is InChI=1S/C15H27N3O/c1-5-16-9-15-8-14(13(3)19-15)11-18-7-6-17(4)12(2)10-18/h8,12,16H,5-7,9-11H2,1-4H3. The molecule has 0 saturated carbocycles. The lowest BCUT2D eigenvalue weighted by molar-refractivity contribution is 0.0996. The lowest BCUT2D eigenvalue weighted by Crippen LogP contribution is -2.49. The quantitative estimate of drug-likeness (QED) is 0.880. The van der Waals surface area contributed by atoms with E-state index in [-0.39, 0.29) is 0 Å². The minimum Gasteiger partial charge on any atom is -0.465 e. The topological polar surface area (TPSA) is 31.6 Å².